The molecule has 0 heterocycles. The number of amides is 1. The number of nitrogens with two attached hydrogens (primary N) is 2. The van der Waals surface area contributed by atoms with Gasteiger partial charge in [-0.3, -0.25) is 5.73 Å². The largest absolute Gasteiger partial charge is 0.465 e. The first-order chi connectivity index (χ1) is 3.73. The number of hydrogen-bond acceptors (Lipinski definition) is 5. The van der Waals surface area contributed by atoms with Crippen LogP contribution in [0.5, 0.6) is 0 Å². The zero-order valence-corrected chi connectivity index (χ0v) is 4.35. The van der Waals surface area contributed by atoms with Crippen molar-refractivity contribution in [3.63, 3.8) is 0 Å². The van der Waals surface area contributed by atoms with Crippen LogP contribution < -0.4 is 11.5 Å². The third-order valence-corrected chi connectivity index (χ3v) is 0. The first-order valence-electron chi connectivity index (χ1n) is 1.68. The molecule has 0 aromatic carbocycles. The molecule has 0 spiro atoms. The summed E-state index contributed by atoms with van der Waals surface area (Å²) in [6.45, 7) is 0. The minimum atomic E-state index is -3.00. The van der Waals surface area contributed by atoms with Crippen molar-refractivity contribution in [2.75, 3.05) is 0 Å². The normalized spacial score (nSPS) is 9.33. The van der Waals surface area contributed by atoms with Crippen molar-refractivity contribution in [1.82, 2.24) is 0 Å². The second-order valence-corrected chi connectivity index (χ2v) is 1.03. The number of hydrogen-bond donors (Lipinski definition) is 6. The summed E-state index contributed by atoms with van der Waals surface area (Å²) in [4.78, 5) is 8.78. The van der Waals surface area contributed by atoms with E-state index in [0.29, 0.717) is 0 Å². The van der Waals surface area contributed by atoms with Crippen molar-refractivity contribution >= 4 is 6.09 Å². The van der Waals surface area contributed by atoms with E-state index in [1.54, 1.807) is 0 Å². The predicted octanol–water partition coefficient (Wildman–Crippen LogP) is -2.84. The second kappa shape index (κ2) is 4.04. The van der Waals surface area contributed by atoms with Crippen molar-refractivity contribution in [1.29, 1.82) is 0 Å². The molecule has 0 fully saturated rings. The fourth-order valence-corrected chi connectivity index (χ4v) is 0. The van der Waals surface area contributed by atoms with Crippen molar-refractivity contribution < 1.29 is 25.2 Å². The van der Waals surface area contributed by atoms with Crippen LogP contribution in [0.4, 0.5) is 4.79 Å². The van der Waals surface area contributed by atoms with Gasteiger partial charge in [-0.25, -0.2) is 4.79 Å². The van der Waals surface area contributed by atoms with E-state index in [0.717, 1.165) is 0 Å². The molecule has 0 aliphatic rings. The van der Waals surface area contributed by atoms with Gasteiger partial charge in [-0.2, -0.15) is 0 Å². The van der Waals surface area contributed by atoms with E-state index in [1.165, 1.54) is 0 Å². The molecule has 0 rings (SSSR count). The number of carboxylic acid groups (broad SMARTS) is 1. The Labute approximate surface area is 50.1 Å². The van der Waals surface area contributed by atoms with Gasteiger partial charge in [0.2, 0.25) is 0 Å². The highest BCUT2D eigenvalue weighted by Crippen LogP contribution is 1.69. The lowest BCUT2D eigenvalue weighted by molar-refractivity contribution is -0.306. The fourth-order valence-electron chi connectivity index (χ4n) is 0. The zero-order valence-electron chi connectivity index (χ0n) is 4.35. The van der Waals surface area contributed by atoms with Gasteiger partial charge >= 0.3 is 12.2 Å². The van der Waals surface area contributed by atoms with Crippen LogP contribution in [0.3, 0.4) is 0 Å². The second-order valence-electron chi connectivity index (χ2n) is 1.03. The van der Waals surface area contributed by atoms with Crippen LogP contribution in [0.2, 0.25) is 0 Å². The van der Waals surface area contributed by atoms with E-state index >= 15 is 0 Å². The van der Waals surface area contributed by atoms with Crippen molar-refractivity contribution in [3.05, 3.63) is 0 Å². The molecule has 7 nitrogen and oxygen atoms in total. The maximum Gasteiger partial charge on any atom is 0.402 e. The molecule has 7 heteroatoms. The molecule has 0 aromatic heterocycles. The van der Waals surface area contributed by atoms with Gasteiger partial charge in [0.15, 0.2) is 0 Å². The minimum Gasteiger partial charge on any atom is -0.465 e. The third kappa shape index (κ3) is 234. The Morgan fingerprint density at radius 2 is 1.33 bits per heavy atom. The van der Waals surface area contributed by atoms with Gasteiger partial charge in [0.05, 0.1) is 0 Å². The maximum absolute atomic E-state index is 8.78. The van der Waals surface area contributed by atoms with E-state index in [4.69, 9.17) is 25.2 Å². The van der Waals surface area contributed by atoms with E-state index in [2.05, 4.69) is 11.5 Å². The molecule has 0 unspecified atom stereocenters. The summed E-state index contributed by atoms with van der Waals surface area (Å²) in [5.41, 5.74) is 8.05. The molecule has 0 saturated heterocycles. The van der Waals surface area contributed by atoms with E-state index in [1.807, 2.05) is 0 Å². The third-order valence-electron chi connectivity index (χ3n) is 0. The standard InChI is InChI=1S/CH5NO3.CH3NO2/c2-1(3,4)5;2-1(3)4/h3-5H,2H2;2H2,(H,3,4). The van der Waals surface area contributed by atoms with E-state index in [9.17, 15) is 0 Å². The molecule has 56 valence electrons. The van der Waals surface area contributed by atoms with Crippen molar-refractivity contribution in [2.24, 2.45) is 11.5 Å². The zero-order chi connectivity index (χ0) is 8.08. The van der Waals surface area contributed by atoms with Crippen LogP contribution >= 0.6 is 0 Å². The quantitative estimate of drug-likeness (QED) is 0.199. The lowest BCUT2D eigenvalue weighted by Crippen LogP contribution is -2.38. The molecule has 0 aliphatic heterocycles. The lowest BCUT2D eigenvalue weighted by atomic mass is 11.1. The average Bonchev–Trinajstić information content (AvgIpc) is 1.19. The Kier molecular flexibility index (Phi) is 4.92. The molecule has 1 amide bonds. The molecule has 9 heavy (non-hydrogen) atoms. The highest BCUT2D eigenvalue weighted by molar-refractivity contribution is 5.61. The Bertz CT molecular complexity index is 75.4. The summed E-state index contributed by atoms with van der Waals surface area (Å²) in [6.07, 6.45) is -4.33. The molecule has 0 aromatic rings. The Balaban J connectivity index is 0. The number of carbonyl (C=O) groups is 1. The molecule has 0 atom stereocenters. The smallest absolute Gasteiger partial charge is 0.402 e. The van der Waals surface area contributed by atoms with Gasteiger partial charge in [-0.05, 0) is 0 Å². The number of primary amides is 1. The molecule has 0 aliphatic carbocycles. The average molecular weight is 140 g/mol. The van der Waals surface area contributed by atoms with Crippen LogP contribution in [0.1, 0.15) is 0 Å². The number of aliphatic hydroxyl groups is 3. The highest BCUT2D eigenvalue weighted by atomic mass is 16.7. The summed E-state index contributed by atoms with van der Waals surface area (Å²) >= 11 is 0. The summed E-state index contributed by atoms with van der Waals surface area (Å²) in [7, 11) is 0. The summed E-state index contributed by atoms with van der Waals surface area (Å²) in [6, 6.07) is 0. The summed E-state index contributed by atoms with van der Waals surface area (Å²) in [5.74, 6) is 0. The van der Waals surface area contributed by atoms with Crippen LogP contribution in [-0.4, -0.2) is 32.6 Å². The van der Waals surface area contributed by atoms with Gasteiger partial charge in [-0.15, -0.1) is 0 Å². The monoisotopic (exact) mass is 140 g/mol. The van der Waals surface area contributed by atoms with Gasteiger partial charge in [0.25, 0.3) is 0 Å². The van der Waals surface area contributed by atoms with E-state index < -0.39 is 12.2 Å². The molecule has 8 N–H and O–H groups in total. The fraction of sp³-hybridized carbons (Fsp3) is 0.500. The topological polar surface area (TPSA) is 150 Å². The van der Waals surface area contributed by atoms with Gasteiger partial charge in [0, 0.05) is 0 Å². The molecular weight excluding hydrogens is 132 g/mol. The van der Waals surface area contributed by atoms with Gasteiger partial charge < -0.3 is 26.2 Å². The molecule has 0 bridgehead atoms. The molecule has 0 saturated carbocycles. The maximum atomic E-state index is 8.78. The van der Waals surface area contributed by atoms with Crippen molar-refractivity contribution in [3.8, 4) is 0 Å². The lowest BCUT2D eigenvalue weighted by Gasteiger charge is -2.01. The van der Waals surface area contributed by atoms with Crippen LogP contribution in [0.25, 0.3) is 0 Å². The minimum absolute atomic E-state index is 1.33. The highest BCUT2D eigenvalue weighted by Gasteiger charge is 2.04. The number of rotatable bonds is 0. The van der Waals surface area contributed by atoms with Crippen LogP contribution in [0.15, 0.2) is 0 Å². The first-order valence-corrected chi connectivity index (χ1v) is 1.68. The van der Waals surface area contributed by atoms with Crippen LogP contribution in [-0.2, 0) is 0 Å². The Morgan fingerprint density at radius 1 is 1.33 bits per heavy atom. The SMILES string of the molecule is NC(=O)O.NC(O)(O)O. The molecular formula is C2H8N2O5. The van der Waals surface area contributed by atoms with Crippen LogP contribution in [0, 0.1) is 0 Å². The van der Waals surface area contributed by atoms with Gasteiger partial charge in [-0.1, -0.05) is 0 Å². The van der Waals surface area contributed by atoms with E-state index in [-0.39, 0.29) is 0 Å². The van der Waals surface area contributed by atoms with Gasteiger partial charge in [0.1, 0.15) is 0 Å². The Hall–Kier alpha value is -0.890. The summed E-state index contributed by atoms with van der Waals surface area (Å²) in [5, 5.41) is 29.4. The predicted molar refractivity (Wildman–Crippen MR) is 25.8 cm³/mol. The Morgan fingerprint density at radius 3 is 1.33 bits per heavy atom. The molecule has 0 radical (unpaired) electrons. The summed E-state index contributed by atoms with van der Waals surface area (Å²) < 4.78 is 0. The van der Waals surface area contributed by atoms with Crippen molar-refractivity contribution in [2.45, 2.75) is 6.10 Å². The first kappa shape index (κ1) is 11.0.